The van der Waals surface area contributed by atoms with Crippen LogP contribution in [-0.2, 0) is 0 Å². The number of benzene rings is 1. The molecule has 1 atom stereocenters. The molecule has 7 heteroatoms. The highest BCUT2D eigenvalue weighted by atomic mass is 32.1. The quantitative estimate of drug-likeness (QED) is 0.644. The first-order valence-corrected chi connectivity index (χ1v) is 8.47. The van der Waals surface area contributed by atoms with E-state index in [0.717, 1.165) is 10.6 Å². The number of aliphatic hydroxyl groups excluding tert-OH is 1. The van der Waals surface area contributed by atoms with Gasteiger partial charge in [-0.25, -0.2) is 9.48 Å². The number of nitrogens with zero attached hydrogens (tertiary/aromatic N) is 2. The van der Waals surface area contributed by atoms with Crippen molar-refractivity contribution in [2.24, 2.45) is 0 Å². The highest BCUT2D eigenvalue weighted by molar-refractivity contribution is 7.10. The minimum Gasteiger partial charge on any atom is -0.396 e. The molecule has 24 heavy (non-hydrogen) atoms. The summed E-state index contributed by atoms with van der Waals surface area (Å²) in [7, 11) is 0. The molecule has 3 rings (SSSR count). The molecule has 2 aromatic heterocycles. The predicted molar refractivity (Wildman–Crippen MR) is 94.5 cm³/mol. The Morgan fingerprint density at radius 1 is 1.21 bits per heavy atom. The summed E-state index contributed by atoms with van der Waals surface area (Å²) in [6.45, 7) is 0.00544. The fourth-order valence-corrected chi connectivity index (χ4v) is 3.14. The van der Waals surface area contributed by atoms with Crippen LogP contribution >= 0.6 is 11.3 Å². The first-order valence-electron chi connectivity index (χ1n) is 7.59. The number of para-hydroxylation sites is 1. The van der Waals surface area contributed by atoms with E-state index in [1.807, 2.05) is 47.8 Å². The average Bonchev–Trinajstić information content (AvgIpc) is 3.27. The second kappa shape index (κ2) is 7.76. The summed E-state index contributed by atoms with van der Waals surface area (Å²) in [5.41, 5.74) is 0.919. The van der Waals surface area contributed by atoms with Crippen LogP contribution in [0.2, 0.25) is 0 Å². The first kappa shape index (κ1) is 16.2. The normalized spacial score (nSPS) is 11.9. The van der Waals surface area contributed by atoms with Crippen LogP contribution < -0.4 is 10.6 Å². The Morgan fingerprint density at radius 3 is 2.75 bits per heavy atom. The Kier molecular flexibility index (Phi) is 5.25. The number of hydrogen-bond donors (Lipinski definition) is 3. The zero-order valence-corrected chi connectivity index (χ0v) is 13.7. The molecule has 0 saturated carbocycles. The number of hydrogen-bond acceptors (Lipinski definition) is 4. The van der Waals surface area contributed by atoms with Gasteiger partial charge in [-0.3, -0.25) is 5.32 Å². The lowest BCUT2D eigenvalue weighted by atomic mass is 10.2. The lowest BCUT2D eigenvalue weighted by molar-refractivity contribution is 0.239. The van der Waals surface area contributed by atoms with Crippen LogP contribution in [-0.4, -0.2) is 27.5 Å². The maximum atomic E-state index is 12.2. The average molecular weight is 342 g/mol. The highest BCUT2D eigenvalue weighted by Crippen LogP contribution is 2.21. The standard InChI is InChI=1S/C17H18N4O2S/c22-11-9-14(15-7-4-12-24-15)18-17(23)19-16-8-10-21(20-16)13-5-2-1-3-6-13/h1-8,10,12,14,22H,9,11H2,(H2,18,19,20,23)/t14-/m0/s1. The molecule has 0 aliphatic heterocycles. The van der Waals surface area contributed by atoms with Crippen molar-refractivity contribution in [2.45, 2.75) is 12.5 Å². The van der Waals surface area contributed by atoms with Gasteiger partial charge in [0.15, 0.2) is 5.82 Å². The van der Waals surface area contributed by atoms with E-state index in [9.17, 15) is 9.90 Å². The van der Waals surface area contributed by atoms with Gasteiger partial charge >= 0.3 is 6.03 Å². The van der Waals surface area contributed by atoms with Crippen LogP contribution in [0, 0.1) is 0 Å². The topological polar surface area (TPSA) is 79.2 Å². The first-order chi connectivity index (χ1) is 11.8. The van der Waals surface area contributed by atoms with E-state index in [2.05, 4.69) is 15.7 Å². The third-order valence-electron chi connectivity index (χ3n) is 3.46. The Bertz CT molecular complexity index is 771. The molecule has 1 aromatic carbocycles. The van der Waals surface area contributed by atoms with E-state index in [-0.39, 0.29) is 18.7 Å². The monoisotopic (exact) mass is 342 g/mol. The number of carbonyl (C=O) groups excluding carboxylic acids is 1. The van der Waals surface area contributed by atoms with Crippen molar-refractivity contribution < 1.29 is 9.90 Å². The van der Waals surface area contributed by atoms with Crippen molar-refractivity contribution in [1.29, 1.82) is 0 Å². The van der Waals surface area contributed by atoms with E-state index in [1.165, 1.54) is 0 Å². The summed E-state index contributed by atoms with van der Waals surface area (Å²) in [6.07, 6.45) is 2.25. The van der Waals surface area contributed by atoms with E-state index < -0.39 is 0 Å². The van der Waals surface area contributed by atoms with E-state index in [4.69, 9.17) is 0 Å². The maximum absolute atomic E-state index is 12.2. The molecule has 0 saturated heterocycles. The van der Waals surface area contributed by atoms with Crippen LogP contribution in [0.5, 0.6) is 0 Å². The second-order valence-electron chi connectivity index (χ2n) is 5.16. The maximum Gasteiger partial charge on any atom is 0.320 e. The molecule has 0 bridgehead atoms. The van der Waals surface area contributed by atoms with Crippen molar-refractivity contribution in [3.05, 3.63) is 65.0 Å². The summed E-state index contributed by atoms with van der Waals surface area (Å²) in [5, 5.41) is 21.1. The van der Waals surface area contributed by atoms with Gasteiger partial charge in [0.05, 0.1) is 11.7 Å². The highest BCUT2D eigenvalue weighted by Gasteiger charge is 2.15. The Balaban J connectivity index is 1.63. The SMILES string of the molecule is O=C(Nc1ccn(-c2ccccc2)n1)N[C@@H](CCO)c1cccs1. The van der Waals surface area contributed by atoms with Gasteiger partial charge in [-0.05, 0) is 30.0 Å². The van der Waals surface area contributed by atoms with Gasteiger partial charge in [0, 0.05) is 23.7 Å². The number of amides is 2. The van der Waals surface area contributed by atoms with Crippen LogP contribution in [0.1, 0.15) is 17.3 Å². The summed E-state index contributed by atoms with van der Waals surface area (Å²) in [4.78, 5) is 13.2. The lowest BCUT2D eigenvalue weighted by Crippen LogP contribution is -2.32. The molecule has 0 unspecified atom stereocenters. The molecular weight excluding hydrogens is 324 g/mol. The molecule has 0 aliphatic rings. The molecule has 2 amide bonds. The summed E-state index contributed by atoms with van der Waals surface area (Å²) in [5.74, 6) is 0.463. The number of aromatic nitrogens is 2. The van der Waals surface area contributed by atoms with Crippen LogP contribution in [0.4, 0.5) is 10.6 Å². The number of nitrogens with one attached hydrogen (secondary N) is 2. The Morgan fingerprint density at radius 2 is 2.04 bits per heavy atom. The van der Waals surface area contributed by atoms with E-state index >= 15 is 0 Å². The fourth-order valence-electron chi connectivity index (χ4n) is 2.33. The third-order valence-corrected chi connectivity index (χ3v) is 4.45. The molecule has 124 valence electrons. The predicted octanol–water partition coefficient (Wildman–Crippen LogP) is 3.18. The van der Waals surface area contributed by atoms with E-state index in [1.54, 1.807) is 28.3 Å². The van der Waals surface area contributed by atoms with Gasteiger partial charge in [0.2, 0.25) is 0 Å². The van der Waals surface area contributed by atoms with Crippen LogP contribution in [0.3, 0.4) is 0 Å². The molecule has 2 heterocycles. The van der Waals surface area contributed by atoms with E-state index in [0.29, 0.717) is 12.2 Å². The summed E-state index contributed by atoms with van der Waals surface area (Å²) in [6, 6.07) is 14.7. The number of aliphatic hydroxyl groups is 1. The van der Waals surface area contributed by atoms with Gasteiger partial charge in [-0.2, -0.15) is 0 Å². The summed E-state index contributed by atoms with van der Waals surface area (Å²) >= 11 is 1.55. The molecule has 3 aromatic rings. The smallest absolute Gasteiger partial charge is 0.320 e. The van der Waals surface area contributed by atoms with Gasteiger partial charge < -0.3 is 10.4 Å². The zero-order chi connectivity index (χ0) is 16.8. The molecule has 0 radical (unpaired) electrons. The number of urea groups is 1. The lowest BCUT2D eigenvalue weighted by Gasteiger charge is -2.16. The Hall–Kier alpha value is -2.64. The van der Waals surface area contributed by atoms with Gasteiger partial charge in [0.1, 0.15) is 0 Å². The number of rotatable bonds is 6. The minimum atomic E-state index is -0.347. The minimum absolute atomic E-state index is 0.00544. The van der Waals surface area contributed by atoms with Crippen molar-refractivity contribution in [3.8, 4) is 5.69 Å². The largest absolute Gasteiger partial charge is 0.396 e. The second-order valence-corrected chi connectivity index (χ2v) is 6.14. The number of anilines is 1. The van der Waals surface area contributed by atoms with Crippen molar-refractivity contribution >= 4 is 23.2 Å². The molecule has 0 aliphatic carbocycles. The summed E-state index contributed by atoms with van der Waals surface area (Å²) < 4.78 is 1.69. The van der Waals surface area contributed by atoms with Crippen molar-refractivity contribution in [3.63, 3.8) is 0 Å². The van der Waals surface area contributed by atoms with Crippen LogP contribution in [0.15, 0.2) is 60.1 Å². The molecule has 6 nitrogen and oxygen atoms in total. The van der Waals surface area contributed by atoms with Crippen molar-refractivity contribution in [2.75, 3.05) is 11.9 Å². The van der Waals surface area contributed by atoms with Gasteiger partial charge in [-0.15, -0.1) is 16.4 Å². The molecular formula is C17H18N4O2S. The number of carbonyl (C=O) groups is 1. The van der Waals surface area contributed by atoms with Gasteiger partial charge in [-0.1, -0.05) is 24.3 Å². The molecule has 0 fully saturated rings. The zero-order valence-electron chi connectivity index (χ0n) is 12.9. The molecule has 0 spiro atoms. The number of thiophene rings is 1. The fraction of sp³-hybridized carbons (Fsp3) is 0.176. The van der Waals surface area contributed by atoms with Crippen molar-refractivity contribution in [1.82, 2.24) is 15.1 Å². The van der Waals surface area contributed by atoms with Gasteiger partial charge in [0.25, 0.3) is 0 Å². The third kappa shape index (κ3) is 4.01. The Labute approximate surface area is 143 Å². The molecule has 3 N–H and O–H groups in total. The van der Waals surface area contributed by atoms with Crippen LogP contribution in [0.25, 0.3) is 5.69 Å².